The summed E-state index contributed by atoms with van der Waals surface area (Å²) in [7, 11) is 1.66. The van der Waals surface area contributed by atoms with E-state index in [1.165, 1.54) is 0 Å². The largest absolute Gasteiger partial charge is 0.496 e. The second-order valence-electron chi connectivity index (χ2n) is 4.31. The van der Waals surface area contributed by atoms with Crippen LogP contribution in [0, 0.1) is 6.92 Å². The molecule has 0 fully saturated rings. The van der Waals surface area contributed by atoms with Crippen LogP contribution < -0.4 is 10.5 Å². The second kappa shape index (κ2) is 5.23. The molecule has 1 aromatic heterocycles. The SMILES string of the molecule is CCC(N)c1cc(-c2ccc(OC)c(C)c2)no1. The average molecular weight is 246 g/mol. The molecule has 1 heterocycles. The van der Waals surface area contributed by atoms with Crippen LogP contribution in [0.1, 0.15) is 30.7 Å². The summed E-state index contributed by atoms with van der Waals surface area (Å²) in [4.78, 5) is 0. The van der Waals surface area contributed by atoms with Gasteiger partial charge < -0.3 is 15.0 Å². The summed E-state index contributed by atoms with van der Waals surface area (Å²) in [6.45, 7) is 4.02. The van der Waals surface area contributed by atoms with Crippen molar-refractivity contribution in [2.75, 3.05) is 7.11 Å². The van der Waals surface area contributed by atoms with Gasteiger partial charge in [-0.2, -0.15) is 0 Å². The number of hydrogen-bond donors (Lipinski definition) is 1. The molecule has 0 aliphatic heterocycles. The van der Waals surface area contributed by atoms with Crippen molar-refractivity contribution in [1.29, 1.82) is 0 Å². The summed E-state index contributed by atoms with van der Waals surface area (Å²) in [6, 6.07) is 7.72. The van der Waals surface area contributed by atoms with Gasteiger partial charge in [-0.05, 0) is 37.1 Å². The van der Waals surface area contributed by atoms with Crippen LogP contribution >= 0.6 is 0 Å². The van der Waals surface area contributed by atoms with Gasteiger partial charge in [-0.15, -0.1) is 0 Å². The van der Waals surface area contributed by atoms with Gasteiger partial charge in [0.2, 0.25) is 0 Å². The molecular formula is C14H18N2O2. The van der Waals surface area contributed by atoms with Crippen LogP contribution in [0.4, 0.5) is 0 Å². The molecule has 0 saturated carbocycles. The minimum Gasteiger partial charge on any atom is -0.496 e. The lowest BCUT2D eigenvalue weighted by atomic mass is 10.1. The van der Waals surface area contributed by atoms with Gasteiger partial charge in [-0.25, -0.2) is 0 Å². The Morgan fingerprint density at radius 1 is 1.39 bits per heavy atom. The standard InChI is InChI=1S/C14H18N2O2/c1-4-11(15)14-8-12(16-18-14)10-5-6-13(17-3)9(2)7-10/h5-8,11H,4,15H2,1-3H3. The normalized spacial score (nSPS) is 12.4. The molecule has 0 spiro atoms. The third-order valence-corrected chi connectivity index (χ3v) is 3.02. The number of benzene rings is 1. The summed E-state index contributed by atoms with van der Waals surface area (Å²) in [5.74, 6) is 1.59. The van der Waals surface area contributed by atoms with Crippen molar-refractivity contribution in [3.05, 3.63) is 35.6 Å². The first kappa shape index (κ1) is 12.6. The molecule has 0 radical (unpaired) electrons. The highest BCUT2D eigenvalue weighted by atomic mass is 16.5. The Bertz CT molecular complexity index is 534. The molecule has 2 rings (SSSR count). The molecule has 2 aromatic rings. The molecule has 18 heavy (non-hydrogen) atoms. The fourth-order valence-corrected chi connectivity index (χ4v) is 1.84. The molecular weight excluding hydrogens is 228 g/mol. The van der Waals surface area contributed by atoms with Crippen LogP contribution in [0.15, 0.2) is 28.8 Å². The first-order chi connectivity index (χ1) is 8.65. The Balaban J connectivity index is 2.31. The maximum atomic E-state index is 5.91. The number of methoxy groups -OCH3 is 1. The minimum absolute atomic E-state index is 0.0920. The molecule has 0 bridgehead atoms. The van der Waals surface area contributed by atoms with Crippen LogP contribution in [-0.2, 0) is 0 Å². The number of nitrogens with zero attached hydrogens (tertiary/aromatic N) is 1. The zero-order chi connectivity index (χ0) is 13.1. The van der Waals surface area contributed by atoms with E-state index in [-0.39, 0.29) is 6.04 Å². The molecule has 1 aromatic carbocycles. The summed E-state index contributed by atoms with van der Waals surface area (Å²) in [5.41, 5.74) is 8.79. The summed E-state index contributed by atoms with van der Waals surface area (Å²) < 4.78 is 10.5. The minimum atomic E-state index is -0.0920. The number of aromatic nitrogens is 1. The Kier molecular flexibility index (Phi) is 3.67. The summed E-state index contributed by atoms with van der Waals surface area (Å²) in [5, 5.41) is 4.06. The molecule has 96 valence electrons. The average Bonchev–Trinajstić information content (AvgIpc) is 2.87. The Morgan fingerprint density at radius 3 is 2.78 bits per heavy atom. The van der Waals surface area contributed by atoms with Crippen molar-refractivity contribution in [2.24, 2.45) is 5.73 Å². The van der Waals surface area contributed by atoms with E-state index in [0.717, 1.165) is 34.8 Å². The molecule has 0 amide bonds. The lowest BCUT2D eigenvalue weighted by Gasteiger charge is -2.05. The highest BCUT2D eigenvalue weighted by Crippen LogP contribution is 2.27. The van der Waals surface area contributed by atoms with Crippen molar-refractivity contribution < 1.29 is 9.26 Å². The number of aryl methyl sites for hydroxylation is 1. The lowest BCUT2D eigenvalue weighted by Crippen LogP contribution is -2.06. The predicted octanol–water partition coefficient (Wildman–Crippen LogP) is 3.07. The monoisotopic (exact) mass is 246 g/mol. The second-order valence-corrected chi connectivity index (χ2v) is 4.31. The quantitative estimate of drug-likeness (QED) is 0.900. The molecule has 0 saturated heterocycles. The molecule has 0 aliphatic carbocycles. The van der Waals surface area contributed by atoms with Crippen LogP contribution in [0.3, 0.4) is 0 Å². The van der Waals surface area contributed by atoms with Gasteiger partial charge in [0.25, 0.3) is 0 Å². The molecule has 0 aliphatic rings. The molecule has 1 atom stereocenters. The van der Waals surface area contributed by atoms with Crippen LogP contribution in [0.25, 0.3) is 11.3 Å². The van der Waals surface area contributed by atoms with E-state index < -0.39 is 0 Å². The highest BCUT2D eigenvalue weighted by Gasteiger charge is 2.12. The van der Waals surface area contributed by atoms with Crippen LogP contribution in [0.5, 0.6) is 5.75 Å². The van der Waals surface area contributed by atoms with Gasteiger partial charge in [0.15, 0.2) is 5.76 Å². The predicted molar refractivity (Wildman–Crippen MR) is 70.4 cm³/mol. The molecule has 4 nitrogen and oxygen atoms in total. The first-order valence-corrected chi connectivity index (χ1v) is 6.03. The van der Waals surface area contributed by atoms with Gasteiger partial charge in [0.05, 0.1) is 13.2 Å². The van der Waals surface area contributed by atoms with E-state index >= 15 is 0 Å². The van der Waals surface area contributed by atoms with Gasteiger partial charge in [-0.3, -0.25) is 0 Å². The first-order valence-electron chi connectivity index (χ1n) is 6.03. The van der Waals surface area contributed by atoms with Crippen LogP contribution in [-0.4, -0.2) is 12.3 Å². The van der Waals surface area contributed by atoms with E-state index in [1.807, 2.05) is 38.1 Å². The van der Waals surface area contributed by atoms with Crippen LogP contribution in [0.2, 0.25) is 0 Å². The number of hydrogen-bond acceptors (Lipinski definition) is 4. The summed E-state index contributed by atoms with van der Waals surface area (Å²) in [6.07, 6.45) is 0.830. The highest BCUT2D eigenvalue weighted by molar-refractivity contribution is 5.61. The Hall–Kier alpha value is -1.81. The maximum Gasteiger partial charge on any atom is 0.154 e. The van der Waals surface area contributed by atoms with Crippen molar-refractivity contribution in [2.45, 2.75) is 26.3 Å². The summed E-state index contributed by atoms with van der Waals surface area (Å²) >= 11 is 0. The van der Waals surface area contributed by atoms with Crippen molar-refractivity contribution >= 4 is 0 Å². The fraction of sp³-hybridized carbons (Fsp3) is 0.357. The van der Waals surface area contributed by atoms with E-state index in [1.54, 1.807) is 7.11 Å². The molecule has 4 heteroatoms. The van der Waals surface area contributed by atoms with Crippen molar-refractivity contribution in [1.82, 2.24) is 5.16 Å². The third kappa shape index (κ3) is 2.38. The maximum absolute atomic E-state index is 5.91. The Labute approximate surface area is 107 Å². The van der Waals surface area contributed by atoms with Gasteiger partial charge >= 0.3 is 0 Å². The molecule has 2 N–H and O–H groups in total. The van der Waals surface area contributed by atoms with Crippen molar-refractivity contribution in [3.63, 3.8) is 0 Å². The topological polar surface area (TPSA) is 61.3 Å². The van der Waals surface area contributed by atoms with Crippen molar-refractivity contribution in [3.8, 4) is 17.0 Å². The fourth-order valence-electron chi connectivity index (χ4n) is 1.84. The van der Waals surface area contributed by atoms with E-state index in [9.17, 15) is 0 Å². The number of nitrogens with two attached hydrogens (primary N) is 1. The van der Waals surface area contributed by atoms with E-state index in [2.05, 4.69) is 5.16 Å². The zero-order valence-electron chi connectivity index (χ0n) is 10.9. The van der Waals surface area contributed by atoms with Gasteiger partial charge in [0.1, 0.15) is 11.4 Å². The zero-order valence-corrected chi connectivity index (χ0v) is 10.9. The number of rotatable bonds is 4. The van der Waals surface area contributed by atoms with Gasteiger partial charge in [0, 0.05) is 11.6 Å². The lowest BCUT2D eigenvalue weighted by molar-refractivity contribution is 0.360. The molecule has 1 unspecified atom stereocenters. The third-order valence-electron chi connectivity index (χ3n) is 3.02. The van der Waals surface area contributed by atoms with E-state index in [4.69, 9.17) is 15.0 Å². The van der Waals surface area contributed by atoms with Gasteiger partial charge in [-0.1, -0.05) is 12.1 Å². The van der Waals surface area contributed by atoms with E-state index in [0.29, 0.717) is 0 Å². The smallest absolute Gasteiger partial charge is 0.154 e. The number of ether oxygens (including phenoxy) is 1. The Morgan fingerprint density at radius 2 is 2.17 bits per heavy atom.